The first-order valence-electron chi connectivity index (χ1n) is 18.1. The Labute approximate surface area is 291 Å². The van der Waals surface area contributed by atoms with Crippen LogP contribution in [0.3, 0.4) is 0 Å². The van der Waals surface area contributed by atoms with Gasteiger partial charge in [-0.25, -0.2) is 0 Å². The average Bonchev–Trinajstić information content (AvgIpc) is 3.84. The van der Waals surface area contributed by atoms with Crippen molar-refractivity contribution in [1.29, 1.82) is 0 Å². The molecule has 13 rings (SSSR count). The van der Waals surface area contributed by atoms with Crippen LogP contribution < -0.4 is 0 Å². The highest BCUT2D eigenvalue weighted by Crippen LogP contribution is 2.62. The fourth-order valence-corrected chi connectivity index (χ4v) is 11.1. The molecule has 0 heteroatoms. The number of hydrogen-bond acceptors (Lipinski definition) is 0. The summed E-state index contributed by atoms with van der Waals surface area (Å²) in [6, 6.07) is 47.3. The van der Waals surface area contributed by atoms with Crippen LogP contribution in [-0.2, 0) is 10.8 Å². The molecule has 0 N–H and O–H groups in total. The molecule has 0 bridgehead atoms. The number of fused-ring (bicyclic) bond motifs is 14. The van der Waals surface area contributed by atoms with Crippen LogP contribution in [0.2, 0.25) is 0 Å². The maximum atomic E-state index is 2.58. The maximum Gasteiger partial charge on any atom is 0.0153 e. The van der Waals surface area contributed by atoms with Gasteiger partial charge in [0.25, 0.3) is 0 Å². The van der Waals surface area contributed by atoms with Gasteiger partial charge in [-0.1, -0.05) is 125 Å². The van der Waals surface area contributed by atoms with Crippen molar-refractivity contribution >= 4 is 21.5 Å². The number of rotatable bonds is 0. The van der Waals surface area contributed by atoms with E-state index in [0.29, 0.717) is 0 Å². The van der Waals surface area contributed by atoms with Crippen LogP contribution in [0.15, 0.2) is 121 Å². The first kappa shape index (κ1) is 26.2. The van der Waals surface area contributed by atoms with Crippen LogP contribution in [0, 0.1) is 0 Å². The Bertz CT molecular complexity index is 2620. The lowest BCUT2D eigenvalue weighted by atomic mass is 9.59. The van der Waals surface area contributed by atoms with Gasteiger partial charge in [-0.2, -0.15) is 0 Å². The van der Waals surface area contributed by atoms with Crippen LogP contribution in [0.5, 0.6) is 0 Å². The zero-order valence-corrected chi connectivity index (χ0v) is 28.5. The summed E-state index contributed by atoms with van der Waals surface area (Å²) >= 11 is 0. The van der Waals surface area contributed by atoms with Gasteiger partial charge in [0, 0.05) is 10.8 Å². The summed E-state index contributed by atoms with van der Waals surface area (Å²) in [7, 11) is 0. The molecule has 0 amide bonds. The molecule has 0 heterocycles. The van der Waals surface area contributed by atoms with E-state index >= 15 is 0 Å². The Kier molecular flexibility index (Phi) is 4.19. The normalized spacial score (nSPS) is 15.9. The van der Waals surface area contributed by atoms with Crippen LogP contribution in [0.1, 0.15) is 49.9 Å². The van der Waals surface area contributed by atoms with Gasteiger partial charge in [0.15, 0.2) is 0 Å². The van der Waals surface area contributed by atoms with Gasteiger partial charge in [-0.05, 0) is 157 Å². The predicted octanol–water partition coefficient (Wildman–Crippen LogP) is 13.5. The average molecular weight is 633 g/mol. The second kappa shape index (κ2) is 8.01. The molecule has 0 radical (unpaired) electrons. The van der Waals surface area contributed by atoms with Gasteiger partial charge in [0.1, 0.15) is 0 Å². The van der Waals surface area contributed by atoms with Gasteiger partial charge in [0.2, 0.25) is 0 Å². The fraction of sp³-hybridized carbons (Fsp3) is 0.120. The minimum absolute atomic E-state index is 0.156. The van der Waals surface area contributed by atoms with Crippen LogP contribution in [-0.4, -0.2) is 0 Å². The minimum atomic E-state index is -0.156. The van der Waals surface area contributed by atoms with Crippen LogP contribution in [0.25, 0.3) is 111 Å². The Morgan fingerprint density at radius 3 is 0.660 bits per heavy atom. The largest absolute Gasteiger partial charge is 0.0616 e. The molecule has 5 aliphatic rings. The predicted molar refractivity (Wildman–Crippen MR) is 210 cm³/mol. The highest BCUT2D eigenvalue weighted by molar-refractivity contribution is 6.28. The molecule has 0 atom stereocenters. The summed E-state index contributed by atoms with van der Waals surface area (Å²) in [5.74, 6) is 0. The van der Waals surface area contributed by atoms with Crippen molar-refractivity contribution in [2.24, 2.45) is 0 Å². The lowest BCUT2D eigenvalue weighted by molar-refractivity contribution is 0.521. The third-order valence-electron chi connectivity index (χ3n) is 13.5. The molecule has 50 heavy (non-hydrogen) atoms. The first-order valence-corrected chi connectivity index (χ1v) is 18.1. The Morgan fingerprint density at radius 2 is 0.440 bits per heavy atom. The number of benzene rings is 8. The van der Waals surface area contributed by atoms with E-state index in [-0.39, 0.29) is 10.8 Å². The molecule has 8 aromatic rings. The molecule has 0 unspecified atom stereocenters. The molecule has 0 aliphatic heterocycles. The molecular weight excluding hydrogens is 601 g/mol. The Hall–Kier alpha value is -5.72. The van der Waals surface area contributed by atoms with Gasteiger partial charge < -0.3 is 0 Å². The molecule has 0 saturated carbocycles. The van der Waals surface area contributed by atoms with Gasteiger partial charge in [0.05, 0.1) is 0 Å². The van der Waals surface area contributed by atoms with E-state index in [1.165, 1.54) is 133 Å². The lowest BCUT2D eigenvalue weighted by Gasteiger charge is -2.44. The zero-order chi connectivity index (χ0) is 33.0. The second-order valence-electron chi connectivity index (χ2n) is 16.4. The van der Waals surface area contributed by atoms with Crippen molar-refractivity contribution in [1.82, 2.24) is 0 Å². The van der Waals surface area contributed by atoms with Crippen molar-refractivity contribution in [2.75, 3.05) is 0 Å². The third-order valence-corrected chi connectivity index (χ3v) is 13.5. The quantitative estimate of drug-likeness (QED) is 0.156. The second-order valence-corrected chi connectivity index (χ2v) is 16.4. The topological polar surface area (TPSA) is 0 Å². The van der Waals surface area contributed by atoms with Crippen molar-refractivity contribution in [3.8, 4) is 89.0 Å². The van der Waals surface area contributed by atoms with Gasteiger partial charge >= 0.3 is 0 Å². The summed E-state index contributed by atoms with van der Waals surface area (Å²) in [5, 5.41) is 5.73. The summed E-state index contributed by atoms with van der Waals surface area (Å²) in [5.41, 5.74) is 27.6. The van der Waals surface area contributed by atoms with E-state index < -0.39 is 0 Å². The minimum Gasteiger partial charge on any atom is -0.0616 e. The molecule has 0 nitrogen and oxygen atoms in total. The summed E-state index contributed by atoms with van der Waals surface area (Å²) in [6.45, 7) is 9.86. The van der Waals surface area contributed by atoms with Crippen molar-refractivity contribution in [2.45, 2.75) is 38.5 Å². The van der Waals surface area contributed by atoms with Crippen molar-refractivity contribution < 1.29 is 0 Å². The first-order chi connectivity index (χ1) is 24.3. The molecule has 8 aromatic carbocycles. The smallest absolute Gasteiger partial charge is 0.0153 e. The fourth-order valence-electron chi connectivity index (χ4n) is 11.1. The van der Waals surface area contributed by atoms with Crippen LogP contribution >= 0.6 is 0 Å². The standard InChI is InChI=1S/C50H32/c1-49(2)41-21-37-33-17-13-29-25-9-5-7-11-27(25)31-15-19-35(47(33)45(29)31)39(37)23-43(41)50(3,4)44-24-40-36-20-16-32-28-12-8-6-10-26(28)30-14-18-34(48(36)46(30)32)38(40)22-42(44)49/h5-24H,1-4H3. The highest BCUT2D eigenvalue weighted by Gasteiger charge is 2.45. The van der Waals surface area contributed by atoms with E-state index in [9.17, 15) is 0 Å². The SMILES string of the molecule is CC1(C)c2cc3c(cc2C(C)(C)c2cc4c(cc21)-c1ccc2c5c(ccc-4c15)-c1ccccc1-2)-c1ccc2c4c(ccc-3c14)-c1ccccc1-2. The summed E-state index contributed by atoms with van der Waals surface area (Å²) in [4.78, 5) is 0. The van der Waals surface area contributed by atoms with Gasteiger partial charge in [-0.3, -0.25) is 0 Å². The summed E-state index contributed by atoms with van der Waals surface area (Å²) < 4.78 is 0. The monoisotopic (exact) mass is 632 g/mol. The van der Waals surface area contributed by atoms with Crippen molar-refractivity contribution in [3.05, 3.63) is 144 Å². The lowest BCUT2D eigenvalue weighted by Crippen LogP contribution is -2.36. The van der Waals surface area contributed by atoms with E-state index in [4.69, 9.17) is 0 Å². The molecule has 0 fully saturated rings. The molecule has 0 saturated heterocycles. The highest BCUT2D eigenvalue weighted by atomic mass is 14.5. The van der Waals surface area contributed by atoms with Crippen molar-refractivity contribution in [3.63, 3.8) is 0 Å². The van der Waals surface area contributed by atoms with E-state index in [1.54, 1.807) is 0 Å². The van der Waals surface area contributed by atoms with Gasteiger partial charge in [-0.15, -0.1) is 0 Å². The van der Waals surface area contributed by atoms with E-state index in [1.807, 2.05) is 0 Å². The third kappa shape index (κ3) is 2.67. The Morgan fingerprint density at radius 1 is 0.240 bits per heavy atom. The molecule has 0 aromatic heterocycles. The maximum absolute atomic E-state index is 2.58. The number of hydrogen-bond donors (Lipinski definition) is 0. The van der Waals surface area contributed by atoms with E-state index in [2.05, 4.69) is 149 Å². The van der Waals surface area contributed by atoms with E-state index in [0.717, 1.165) is 0 Å². The summed E-state index contributed by atoms with van der Waals surface area (Å²) in [6.07, 6.45) is 0. The Balaban J connectivity index is 1.04. The zero-order valence-electron chi connectivity index (χ0n) is 28.5. The van der Waals surface area contributed by atoms with Crippen LogP contribution in [0.4, 0.5) is 0 Å². The molecule has 0 spiro atoms. The molecule has 5 aliphatic carbocycles. The molecule has 232 valence electrons. The molecular formula is C50H32.